The van der Waals surface area contributed by atoms with Crippen LogP contribution in [-0.4, -0.2) is 32.1 Å². The van der Waals surface area contributed by atoms with Crippen LogP contribution in [0.5, 0.6) is 0 Å². The van der Waals surface area contributed by atoms with Gasteiger partial charge in [-0.25, -0.2) is 22.3 Å². The van der Waals surface area contributed by atoms with Gasteiger partial charge in [0.25, 0.3) is 15.9 Å². The van der Waals surface area contributed by atoms with Crippen LogP contribution in [0.2, 0.25) is 0 Å². The number of hydrogen-bond donors (Lipinski definition) is 2. The van der Waals surface area contributed by atoms with E-state index in [9.17, 15) is 22.4 Å². The van der Waals surface area contributed by atoms with E-state index in [-0.39, 0.29) is 4.90 Å². The van der Waals surface area contributed by atoms with Crippen LogP contribution < -0.4 is 10.0 Å². The van der Waals surface area contributed by atoms with Gasteiger partial charge < -0.3 is 10.1 Å². The van der Waals surface area contributed by atoms with Crippen LogP contribution >= 0.6 is 0 Å². The minimum atomic E-state index is -4.15. The van der Waals surface area contributed by atoms with Crippen LogP contribution in [0, 0.1) is 5.82 Å². The van der Waals surface area contributed by atoms with E-state index in [0.717, 1.165) is 24.3 Å². The fourth-order valence-corrected chi connectivity index (χ4v) is 2.50. The van der Waals surface area contributed by atoms with E-state index in [0.29, 0.717) is 0 Å². The number of halogens is 1. The van der Waals surface area contributed by atoms with Crippen molar-refractivity contribution < 1.29 is 27.1 Å². The number of sulfonamides is 1. The Morgan fingerprint density at radius 1 is 1.17 bits per heavy atom. The molecule has 2 N–H and O–H groups in total. The first-order chi connectivity index (χ1) is 10.4. The molecule has 0 saturated heterocycles. The van der Waals surface area contributed by atoms with Gasteiger partial charge in [0.1, 0.15) is 17.5 Å². The highest BCUT2D eigenvalue weighted by atomic mass is 32.2. The maximum atomic E-state index is 12.8. The Hall–Kier alpha value is -2.16. The predicted octanol–water partition coefficient (Wildman–Crippen LogP) is 1.54. The van der Waals surface area contributed by atoms with Gasteiger partial charge in [0, 0.05) is 0 Å². The zero-order valence-electron chi connectivity index (χ0n) is 13.2. The first-order valence-corrected chi connectivity index (χ1v) is 8.21. The number of ether oxygens (including phenoxy) is 1. The molecule has 1 aromatic carbocycles. The zero-order valence-corrected chi connectivity index (χ0v) is 14.0. The monoisotopic (exact) mass is 346 g/mol. The summed E-state index contributed by atoms with van der Waals surface area (Å²) in [7, 11) is -4.15. The lowest BCUT2D eigenvalue weighted by molar-refractivity contribution is -0.121. The molecule has 2 amide bonds. The molecule has 0 radical (unpaired) electrons. The van der Waals surface area contributed by atoms with Gasteiger partial charge in [-0.2, -0.15) is 0 Å². The highest BCUT2D eigenvalue weighted by Crippen LogP contribution is 2.10. The van der Waals surface area contributed by atoms with Gasteiger partial charge in [0.05, 0.1) is 4.90 Å². The predicted molar refractivity (Wildman–Crippen MR) is 80.6 cm³/mol. The number of carbonyl (C=O) groups is 2. The molecule has 1 aromatic rings. The Bertz CT molecular complexity index is 680. The van der Waals surface area contributed by atoms with Crippen LogP contribution in [0.15, 0.2) is 29.2 Å². The fraction of sp³-hybridized carbons (Fsp3) is 0.429. The number of benzene rings is 1. The van der Waals surface area contributed by atoms with Gasteiger partial charge in [-0.05, 0) is 52.0 Å². The lowest BCUT2D eigenvalue weighted by Crippen LogP contribution is -2.47. The molecule has 0 aromatic heterocycles. The van der Waals surface area contributed by atoms with Crippen LogP contribution in [0.3, 0.4) is 0 Å². The molecule has 0 heterocycles. The summed E-state index contributed by atoms with van der Waals surface area (Å²) in [5, 5.41) is 2.22. The van der Waals surface area contributed by atoms with Gasteiger partial charge in [0.15, 0.2) is 0 Å². The maximum Gasteiger partial charge on any atom is 0.408 e. The molecular formula is C14H19FN2O5S. The molecule has 9 heteroatoms. The van der Waals surface area contributed by atoms with Gasteiger partial charge in [-0.3, -0.25) is 4.79 Å². The minimum Gasteiger partial charge on any atom is -0.444 e. The average molecular weight is 346 g/mol. The topological polar surface area (TPSA) is 102 Å². The third-order valence-corrected chi connectivity index (χ3v) is 3.85. The highest BCUT2D eigenvalue weighted by Gasteiger charge is 2.25. The summed E-state index contributed by atoms with van der Waals surface area (Å²) in [4.78, 5) is 23.1. The molecule has 23 heavy (non-hydrogen) atoms. The fourth-order valence-electron chi connectivity index (χ4n) is 1.44. The summed E-state index contributed by atoms with van der Waals surface area (Å²) >= 11 is 0. The number of carbonyl (C=O) groups excluding carboxylic acids is 2. The van der Waals surface area contributed by atoms with Crippen molar-refractivity contribution in [3.8, 4) is 0 Å². The summed E-state index contributed by atoms with van der Waals surface area (Å²) in [6.07, 6.45) is -0.848. The molecule has 0 fully saturated rings. The van der Waals surface area contributed by atoms with Gasteiger partial charge in [-0.15, -0.1) is 0 Å². The van der Waals surface area contributed by atoms with E-state index in [4.69, 9.17) is 4.74 Å². The summed E-state index contributed by atoms with van der Waals surface area (Å²) in [6, 6.07) is 2.83. The molecule has 0 aliphatic heterocycles. The quantitative estimate of drug-likeness (QED) is 0.861. The molecule has 0 aliphatic rings. The Balaban J connectivity index is 2.71. The van der Waals surface area contributed by atoms with Crippen molar-refractivity contribution >= 4 is 22.0 Å². The summed E-state index contributed by atoms with van der Waals surface area (Å²) < 4.78 is 43.5. The van der Waals surface area contributed by atoms with Gasteiger partial charge >= 0.3 is 6.09 Å². The third kappa shape index (κ3) is 6.23. The molecular weight excluding hydrogens is 327 g/mol. The number of nitrogens with one attached hydrogen (secondary N) is 2. The van der Waals surface area contributed by atoms with Gasteiger partial charge in [-0.1, -0.05) is 0 Å². The van der Waals surface area contributed by atoms with Crippen LogP contribution in [0.25, 0.3) is 0 Å². The van der Waals surface area contributed by atoms with E-state index in [2.05, 4.69) is 5.32 Å². The molecule has 128 valence electrons. The van der Waals surface area contributed by atoms with Gasteiger partial charge in [0.2, 0.25) is 0 Å². The van der Waals surface area contributed by atoms with Crippen molar-refractivity contribution in [3.05, 3.63) is 30.1 Å². The highest BCUT2D eigenvalue weighted by molar-refractivity contribution is 7.90. The smallest absolute Gasteiger partial charge is 0.408 e. The molecule has 0 spiro atoms. The minimum absolute atomic E-state index is 0.267. The lowest BCUT2D eigenvalue weighted by atomic mass is 10.2. The Kier molecular flexibility index (Phi) is 5.70. The number of rotatable bonds is 4. The van der Waals surface area contributed by atoms with Crippen molar-refractivity contribution in [2.24, 2.45) is 0 Å². The summed E-state index contributed by atoms with van der Waals surface area (Å²) in [5.74, 6) is -1.55. The van der Waals surface area contributed by atoms with E-state index < -0.39 is 39.5 Å². The molecule has 1 atom stereocenters. The summed E-state index contributed by atoms with van der Waals surface area (Å²) in [6.45, 7) is 6.25. The zero-order chi connectivity index (χ0) is 17.8. The van der Waals surface area contributed by atoms with E-state index >= 15 is 0 Å². The largest absolute Gasteiger partial charge is 0.444 e. The third-order valence-electron chi connectivity index (χ3n) is 2.49. The van der Waals surface area contributed by atoms with Crippen molar-refractivity contribution in [1.82, 2.24) is 10.0 Å². The van der Waals surface area contributed by atoms with Crippen LogP contribution in [0.4, 0.5) is 9.18 Å². The van der Waals surface area contributed by atoms with Crippen LogP contribution in [0.1, 0.15) is 27.7 Å². The second-order valence-corrected chi connectivity index (χ2v) is 7.47. The van der Waals surface area contributed by atoms with Crippen LogP contribution in [-0.2, 0) is 19.6 Å². The van der Waals surface area contributed by atoms with Crippen molar-refractivity contribution in [2.45, 2.75) is 44.2 Å². The van der Waals surface area contributed by atoms with E-state index in [1.807, 2.05) is 0 Å². The van der Waals surface area contributed by atoms with Crippen molar-refractivity contribution in [2.75, 3.05) is 0 Å². The average Bonchev–Trinajstić information content (AvgIpc) is 2.36. The Labute approximate surface area is 134 Å². The summed E-state index contributed by atoms with van der Waals surface area (Å²) in [5.41, 5.74) is -0.750. The Morgan fingerprint density at radius 2 is 1.70 bits per heavy atom. The van der Waals surface area contributed by atoms with Crippen molar-refractivity contribution in [1.29, 1.82) is 0 Å². The molecule has 7 nitrogen and oxygen atoms in total. The molecule has 0 unspecified atom stereocenters. The Morgan fingerprint density at radius 3 is 2.17 bits per heavy atom. The number of hydrogen-bond acceptors (Lipinski definition) is 5. The molecule has 1 rings (SSSR count). The first kappa shape index (κ1) is 18.9. The normalized spacial score (nSPS) is 13.1. The molecule has 0 saturated carbocycles. The van der Waals surface area contributed by atoms with Crippen molar-refractivity contribution in [3.63, 3.8) is 0 Å². The SMILES string of the molecule is C[C@H](NC(=O)OC(C)(C)C)C(=O)NS(=O)(=O)c1ccc(F)cc1. The molecule has 0 aliphatic carbocycles. The molecule has 0 bridgehead atoms. The second-order valence-electron chi connectivity index (χ2n) is 5.79. The number of alkyl carbamates (subject to hydrolysis) is 1. The number of amides is 2. The van der Waals surface area contributed by atoms with E-state index in [1.54, 1.807) is 25.5 Å². The van der Waals surface area contributed by atoms with E-state index in [1.165, 1.54) is 6.92 Å². The first-order valence-electron chi connectivity index (χ1n) is 6.72. The standard InChI is InChI=1S/C14H19FN2O5S/c1-9(16-13(19)22-14(2,3)4)12(18)17-23(20,21)11-7-5-10(15)6-8-11/h5-9H,1-4H3,(H,16,19)(H,17,18)/t9-/m0/s1. The maximum absolute atomic E-state index is 12.8. The second kappa shape index (κ2) is 6.95. The lowest BCUT2D eigenvalue weighted by Gasteiger charge is -2.21.